The molecule has 278 valence electrons. The quantitative estimate of drug-likeness (QED) is 0.128. The number of carbonyl (C=O) groups excluding carboxylic acids is 3. The molecule has 1 aromatic carbocycles. The number of nitrogens with zero attached hydrogens (tertiary/aromatic N) is 2. The van der Waals surface area contributed by atoms with Crippen molar-refractivity contribution in [1.82, 2.24) is 20.5 Å². The van der Waals surface area contributed by atoms with Gasteiger partial charge in [-0.3, -0.25) is 14.4 Å². The minimum Gasteiger partial charge on any atom is -0.480 e. The lowest BCUT2D eigenvalue weighted by Gasteiger charge is -2.35. The highest BCUT2D eigenvalue weighted by atomic mass is 32.1. The third-order valence-electron chi connectivity index (χ3n) is 7.66. The molecule has 2 heterocycles. The van der Waals surface area contributed by atoms with Crippen molar-refractivity contribution in [3.8, 4) is 10.4 Å². The molecule has 0 aliphatic carbocycles. The number of hydrogen-bond acceptors (Lipinski definition) is 12. The van der Waals surface area contributed by atoms with Crippen LogP contribution < -0.4 is 10.6 Å². The highest BCUT2D eigenvalue weighted by molar-refractivity contribution is 7.13. The maximum atomic E-state index is 13.8. The Morgan fingerprint density at radius 1 is 0.920 bits per heavy atom. The van der Waals surface area contributed by atoms with Crippen molar-refractivity contribution in [2.24, 2.45) is 5.41 Å². The van der Waals surface area contributed by atoms with E-state index in [-0.39, 0.29) is 65.1 Å². The van der Waals surface area contributed by atoms with Crippen molar-refractivity contribution in [2.75, 3.05) is 72.6 Å². The van der Waals surface area contributed by atoms with Gasteiger partial charge in [0, 0.05) is 19.5 Å². The topological polar surface area (TPSA) is 195 Å². The molecule has 1 aliphatic rings. The lowest BCUT2D eigenvalue weighted by Crippen LogP contribution is -2.58. The summed E-state index contributed by atoms with van der Waals surface area (Å²) in [4.78, 5) is 56.9. The van der Waals surface area contributed by atoms with Crippen molar-refractivity contribution < 1.29 is 53.1 Å². The minimum atomic E-state index is -1.03. The second-order valence-electron chi connectivity index (χ2n) is 12.8. The summed E-state index contributed by atoms with van der Waals surface area (Å²) in [5, 5.41) is 24.6. The van der Waals surface area contributed by atoms with Crippen LogP contribution in [0.2, 0.25) is 0 Å². The highest BCUT2D eigenvalue weighted by Crippen LogP contribution is 2.28. The summed E-state index contributed by atoms with van der Waals surface area (Å²) in [6.07, 6.45) is -0.772. The Morgan fingerprint density at radius 3 is 2.00 bits per heavy atom. The monoisotopic (exact) mass is 722 g/mol. The molecule has 1 aliphatic heterocycles. The molecule has 50 heavy (non-hydrogen) atoms. The van der Waals surface area contributed by atoms with Gasteiger partial charge < -0.3 is 49.4 Å². The van der Waals surface area contributed by atoms with Crippen molar-refractivity contribution in [3.05, 3.63) is 41.0 Å². The maximum absolute atomic E-state index is 13.8. The first-order valence-electron chi connectivity index (χ1n) is 16.5. The molecule has 16 heteroatoms. The number of nitrogens with one attached hydrogen (secondary N) is 2. The van der Waals surface area contributed by atoms with E-state index < -0.39 is 41.4 Å². The van der Waals surface area contributed by atoms with Crippen LogP contribution in [0.15, 0.2) is 29.8 Å². The zero-order chi connectivity index (χ0) is 36.5. The van der Waals surface area contributed by atoms with Crippen LogP contribution in [-0.2, 0) is 49.4 Å². The Morgan fingerprint density at radius 2 is 1.48 bits per heavy atom. The second-order valence-corrected chi connectivity index (χ2v) is 13.6. The molecule has 0 radical (unpaired) electrons. The summed E-state index contributed by atoms with van der Waals surface area (Å²) in [6.45, 7) is 9.16. The summed E-state index contributed by atoms with van der Waals surface area (Å²) in [7, 11) is 0. The van der Waals surface area contributed by atoms with Crippen LogP contribution in [0.3, 0.4) is 0 Å². The van der Waals surface area contributed by atoms with Crippen molar-refractivity contribution >= 4 is 35.0 Å². The fourth-order valence-electron chi connectivity index (χ4n) is 5.08. The van der Waals surface area contributed by atoms with Crippen molar-refractivity contribution in [2.45, 2.75) is 58.8 Å². The first kappa shape index (κ1) is 40.9. The lowest BCUT2D eigenvalue weighted by atomic mass is 9.85. The number of β-amino-alcohol motifs (C(OH)–C–C–N with tert-alkyl or cyclic N) is 1. The summed E-state index contributed by atoms with van der Waals surface area (Å²) in [5.41, 5.74) is 4.01. The number of aliphatic hydroxyl groups is 1. The molecule has 4 N–H and O–H groups in total. The van der Waals surface area contributed by atoms with Gasteiger partial charge in [0.25, 0.3) is 0 Å². The number of carbonyl (C=O) groups is 4. The number of hydrogen-bond donors (Lipinski definition) is 4. The summed E-state index contributed by atoms with van der Waals surface area (Å²) in [5.74, 6) is -2.35. The first-order chi connectivity index (χ1) is 23.9. The largest absolute Gasteiger partial charge is 0.480 e. The van der Waals surface area contributed by atoms with E-state index in [1.807, 2.05) is 52.0 Å². The smallest absolute Gasteiger partial charge is 0.329 e. The fraction of sp³-hybridized carbons (Fsp3) is 0.618. The van der Waals surface area contributed by atoms with Crippen LogP contribution in [-0.4, -0.2) is 135 Å². The zero-order valence-electron chi connectivity index (χ0n) is 29.2. The van der Waals surface area contributed by atoms with Gasteiger partial charge in [-0.05, 0) is 23.5 Å². The molecule has 0 spiro atoms. The maximum Gasteiger partial charge on any atom is 0.329 e. The van der Waals surface area contributed by atoms with Gasteiger partial charge in [-0.1, -0.05) is 45.0 Å². The van der Waals surface area contributed by atoms with Gasteiger partial charge in [0.15, 0.2) is 0 Å². The Balaban J connectivity index is 1.36. The van der Waals surface area contributed by atoms with Crippen LogP contribution in [0.4, 0.5) is 0 Å². The summed E-state index contributed by atoms with van der Waals surface area (Å²) in [6, 6.07) is 5.99. The number of carboxylic acids is 1. The number of amides is 3. The fourth-order valence-corrected chi connectivity index (χ4v) is 5.90. The molecule has 1 fully saturated rings. The van der Waals surface area contributed by atoms with Gasteiger partial charge in [-0.25, -0.2) is 9.78 Å². The van der Waals surface area contributed by atoms with Crippen molar-refractivity contribution in [3.63, 3.8) is 0 Å². The van der Waals surface area contributed by atoms with Crippen molar-refractivity contribution in [1.29, 1.82) is 0 Å². The number of aliphatic carboxylic acids is 1. The predicted molar refractivity (Wildman–Crippen MR) is 183 cm³/mol. The number of rotatable bonds is 22. The normalized spacial score (nSPS) is 16.7. The van der Waals surface area contributed by atoms with Crippen LogP contribution in [0.25, 0.3) is 10.4 Å². The SMILES string of the molecule is Cc1ncsc1-c1ccc(CNC(=O)[C@@H]2C[C@@H](O)CN2C(=O)C(NC(=O)COCCOCCOCCOCCOCC(=O)O)C(C)(C)C)cc1. The highest BCUT2D eigenvalue weighted by Gasteiger charge is 2.44. The third-order valence-corrected chi connectivity index (χ3v) is 8.64. The number of benzene rings is 1. The van der Waals surface area contributed by atoms with Gasteiger partial charge in [0.1, 0.15) is 25.3 Å². The van der Waals surface area contributed by atoms with Gasteiger partial charge >= 0.3 is 5.97 Å². The van der Waals surface area contributed by atoms with Crippen LogP contribution in [0, 0.1) is 12.3 Å². The Hall–Kier alpha value is -3.51. The van der Waals surface area contributed by atoms with E-state index in [2.05, 4.69) is 15.6 Å². The summed E-state index contributed by atoms with van der Waals surface area (Å²) < 4.78 is 26.3. The van der Waals surface area contributed by atoms with Gasteiger partial charge in [-0.15, -0.1) is 11.3 Å². The standard InChI is InChI=1S/C34H50N4O11S/c1-23-30(50-22-36-23)25-7-5-24(6-8-25)18-35-32(43)27-17-26(39)19-38(27)33(44)31(34(2,3)4)37-28(40)20-48-15-13-46-11-9-45-10-12-47-14-16-49-21-29(41)42/h5-8,22,26-27,31,39H,9-21H2,1-4H3,(H,35,43)(H,37,40)(H,41,42)/t26-,27+,31?/m1/s1. The third kappa shape index (κ3) is 14.0. The van der Waals surface area contributed by atoms with E-state index >= 15 is 0 Å². The van der Waals surface area contributed by atoms with E-state index in [1.54, 1.807) is 16.8 Å². The summed E-state index contributed by atoms with van der Waals surface area (Å²) >= 11 is 1.57. The minimum absolute atomic E-state index is 0.0175. The number of aromatic nitrogens is 1. The molecular formula is C34H50N4O11S. The average molecular weight is 723 g/mol. The second kappa shape index (κ2) is 21.0. The van der Waals surface area contributed by atoms with E-state index in [4.69, 9.17) is 28.8 Å². The zero-order valence-corrected chi connectivity index (χ0v) is 30.0. The van der Waals surface area contributed by atoms with Gasteiger partial charge in [0.2, 0.25) is 17.7 Å². The number of likely N-dealkylation sites (tertiary alicyclic amines) is 1. The van der Waals surface area contributed by atoms with Gasteiger partial charge in [0.05, 0.1) is 75.0 Å². The molecule has 1 unspecified atom stereocenters. The number of aryl methyl sites for hydroxylation is 1. The lowest BCUT2D eigenvalue weighted by molar-refractivity contribution is -0.144. The molecular weight excluding hydrogens is 672 g/mol. The molecule has 1 aromatic heterocycles. The number of aliphatic hydroxyl groups excluding tert-OH is 1. The molecule has 3 amide bonds. The van der Waals surface area contributed by atoms with Crippen LogP contribution >= 0.6 is 11.3 Å². The Kier molecular flexibility index (Phi) is 17.2. The van der Waals surface area contributed by atoms with Crippen LogP contribution in [0.5, 0.6) is 0 Å². The first-order valence-corrected chi connectivity index (χ1v) is 17.4. The molecule has 1 saturated heterocycles. The number of thiazole rings is 1. The van der Waals surface area contributed by atoms with E-state index in [1.165, 1.54) is 4.90 Å². The molecule has 0 saturated carbocycles. The number of carboxylic acid groups (broad SMARTS) is 1. The molecule has 0 bridgehead atoms. The Bertz CT molecular complexity index is 1370. The predicted octanol–water partition coefficient (Wildman–Crippen LogP) is 1.40. The molecule has 15 nitrogen and oxygen atoms in total. The average Bonchev–Trinajstić information content (AvgIpc) is 3.68. The van der Waals surface area contributed by atoms with Gasteiger partial charge in [-0.2, -0.15) is 0 Å². The molecule has 3 rings (SSSR count). The molecule has 3 atom stereocenters. The van der Waals surface area contributed by atoms with E-state index in [0.29, 0.717) is 26.4 Å². The van der Waals surface area contributed by atoms with E-state index in [9.17, 15) is 24.3 Å². The Labute approximate surface area is 296 Å². The number of ether oxygens (including phenoxy) is 5. The molecule has 2 aromatic rings. The van der Waals surface area contributed by atoms with Crippen LogP contribution in [0.1, 0.15) is 38.4 Å². The van der Waals surface area contributed by atoms with E-state index in [0.717, 1.165) is 21.7 Å².